The van der Waals surface area contributed by atoms with Crippen molar-refractivity contribution in [2.24, 2.45) is 7.05 Å². The molecule has 2 aromatic carbocycles. The Kier molecular flexibility index (Phi) is 2.78. The minimum Gasteiger partial charge on any atom is -0.399 e. The number of anilines is 1. The number of nitrogens with two attached hydrogens (primary N) is 1. The SMILES string of the molecule is Cc1nc2ccc(N)cc2n1C(=O)c1cccc2ccn(C)c12. The van der Waals surface area contributed by atoms with E-state index in [0.717, 1.165) is 21.9 Å². The number of rotatable bonds is 1. The number of carbonyl (C=O) groups excluding carboxylic acids is 1. The monoisotopic (exact) mass is 304 g/mol. The molecule has 5 heteroatoms. The Labute approximate surface area is 133 Å². The smallest absolute Gasteiger partial charge is 0.265 e. The molecule has 0 aliphatic heterocycles. The summed E-state index contributed by atoms with van der Waals surface area (Å²) in [6.45, 7) is 1.83. The van der Waals surface area contributed by atoms with E-state index in [4.69, 9.17) is 5.73 Å². The highest BCUT2D eigenvalue weighted by molar-refractivity contribution is 6.10. The van der Waals surface area contributed by atoms with Gasteiger partial charge in [-0.3, -0.25) is 9.36 Å². The second-order valence-corrected chi connectivity index (χ2v) is 5.72. The number of carbonyl (C=O) groups is 1. The first-order valence-electron chi connectivity index (χ1n) is 7.39. The van der Waals surface area contributed by atoms with Gasteiger partial charge in [0.2, 0.25) is 0 Å². The summed E-state index contributed by atoms with van der Waals surface area (Å²) in [5.41, 5.74) is 9.57. The van der Waals surface area contributed by atoms with Gasteiger partial charge in [-0.2, -0.15) is 0 Å². The fourth-order valence-corrected chi connectivity index (χ4v) is 3.12. The van der Waals surface area contributed by atoms with Crippen molar-refractivity contribution in [3.05, 3.63) is 60.0 Å². The van der Waals surface area contributed by atoms with Crippen LogP contribution in [0.2, 0.25) is 0 Å². The van der Waals surface area contributed by atoms with Crippen molar-refractivity contribution in [2.75, 3.05) is 5.73 Å². The van der Waals surface area contributed by atoms with E-state index in [9.17, 15) is 4.79 Å². The number of hydrogen-bond donors (Lipinski definition) is 1. The van der Waals surface area contributed by atoms with E-state index >= 15 is 0 Å². The van der Waals surface area contributed by atoms with E-state index in [2.05, 4.69) is 4.98 Å². The maximum atomic E-state index is 13.2. The highest BCUT2D eigenvalue weighted by Gasteiger charge is 2.19. The van der Waals surface area contributed by atoms with Crippen molar-refractivity contribution in [1.29, 1.82) is 0 Å². The molecule has 0 saturated heterocycles. The molecule has 5 nitrogen and oxygen atoms in total. The first-order valence-corrected chi connectivity index (χ1v) is 7.39. The van der Waals surface area contributed by atoms with Crippen LogP contribution in [0.15, 0.2) is 48.7 Å². The fraction of sp³-hybridized carbons (Fsp3) is 0.111. The van der Waals surface area contributed by atoms with Gasteiger partial charge in [-0.15, -0.1) is 0 Å². The Hall–Kier alpha value is -3.08. The molecule has 0 unspecified atom stereocenters. The summed E-state index contributed by atoms with van der Waals surface area (Å²) in [5, 5.41) is 1.04. The van der Waals surface area contributed by atoms with Crippen LogP contribution in [-0.2, 0) is 7.05 Å². The van der Waals surface area contributed by atoms with Gasteiger partial charge in [0.1, 0.15) is 5.82 Å². The van der Waals surface area contributed by atoms with Crippen LogP contribution in [0.25, 0.3) is 21.9 Å². The van der Waals surface area contributed by atoms with Crippen LogP contribution in [0.4, 0.5) is 5.69 Å². The number of fused-ring (bicyclic) bond motifs is 2. The van der Waals surface area contributed by atoms with Gasteiger partial charge in [-0.05, 0) is 37.3 Å². The van der Waals surface area contributed by atoms with Gasteiger partial charge in [0.25, 0.3) is 5.91 Å². The Morgan fingerprint density at radius 3 is 2.83 bits per heavy atom. The van der Waals surface area contributed by atoms with Crippen molar-refractivity contribution in [3.63, 3.8) is 0 Å². The molecular weight excluding hydrogens is 288 g/mol. The van der Waals surface area contributed by atoms with Crippen molar-refractivity contribution < 1.29 is 4.79 Å². The Bertz CT molecular complexity index is 1070. The molecule has 0 radical (unpaired) electrons. The van der Waals surface area contributed by atoms with Crippen LogP contribution in [0.3, 0.4) is 0 Å². The molecule has 0 aliphatic carbocycles. The number of aryl methyl sites for hydroxylation is 2. The number of nitrogen functional groups attached to an aromatic ring is 1. The zero-order valence-corrected chi connectivity index (χ0v) is 12.9. The lowest BCUT2D eigenvalue weighted by atomic mass is 10.1. The highest BCUT2D eigenvalue weighted by atomic mass is 16.2. The predicted molar refractivity (Wildman–Crippen MR) is 91.5 cm³/mol. The second kappa shape index (κ2) is 4.71. The first kappa shape index (κ1) is 13.6. The summed E-state index contributed by atoms with van der Waals surface area (Å²) < 4.78 is 3.60. The van der Waals surface area contributed by atoms with Gasteiger partial charge < -0.3 is 10.3 Å². The van der Waals surface area contributed by atoms with Gasteiger partial charge in [-0.25, -0.2) is 4.98 Å². The maximum Gasteiger partial charge on any atom is 0.265 e. The molecule has 0 amide bonds. The normalized spacial score (nSPS) is 11.4. The molecule has 0 bridgehead atoms. The number of aromatic nitrogens is 3. The van der Waals surface area contributed by atoms with Crippen molar-refractivity contribution >= 4 is 33.5 Å². The van der Waals surface area contributed by atoms with Crippen LogP contribution in [0.1, 0.15) is 16.2 Å². The van der Waals surface area contributed by atoms with Crippen LogP contribution in [0, 0.1) is 6.92 Å². The van der Waals surface area contributed by atoms with Crippen molar-refractivity contribution in [1.82, 2.24) is 14.1 Å². The first-order chi connectivity index (χ1) is 11.1. The fourth-order valence-electron chi connectivity index (χ4n) is 3.12. The van der Waals surface area contributed by atoms with Crippen molar-refractivity contribution in [3.8, 4) is 0 Å². The molecular formula is C18H16N4O. The predicted octanol–water partition coefficient (Wildman–Crippen LogP) is 3.11. The summed E-state index contributed by atoms with van der Waals surface area (Å²) in [6, 6.07) is 13.2. The van der Waals surface area contributed by atoms with Gasteiger partial charge in [0, 0.05) is 24.3 Å². The third kappa shape index (κ3) is 1.93. The van der Waals surface area contributed by atoms with E-state index in [0.29, 0.717) is 17.1 Å². The average molecular weight is 304 g/mol. The molecule has 2 N–H and O–H groups in total. The van der Waals surface area contributed by atoms with Gasteiger partial charge in [-0.1, -0.05) is 12.1 Å². The van der Waals surface area contributed by atoms with E-state index in [-0.39, 0.29) is 5.91 Å². The molecule has 4 rings (SSSR count). The molecule has 0 atom stereocenters. The molecule has 0 aliphatic rings. The van der Waals surface area contributed by atoms with Crippen LogP contribution >= 0.6 is 0 Å². The van der Waals surface area contributed by atoms with Crippen LogP contribution in [0.5, 0.6) is 0 Å². The minimum absolute atomic E-state index is 0.0944. The molecule has 114 valence electrons. The summed E-state index contributed by atoms with van der Waals surface area (Å²) in [4.78, 5) is 17.7. The summed E-state index contributed by atoms with van der Waals surface area (Å²) in [5.74, 6) is 0.560. The summed E-state index contributed by atoms with van der Waals surface area (Å²) in [7, 11) is 1.94. The number of para-hydroxylation sites is 1. The van der Waals surface area contributed by atoms with Crippen LogP contribution in [-0.4, -0.2) is 20.0 Å². The maximum absolute atomic E-state index is 13.2. The number of hydrogen-bond acceptors (Lipinski definition) is 3. The highest BCUT2D eigenvalue weighted by Crippen LogP contribution is 2.24. The van der Waals surface area contributed by atoms with Crippen molar-refractivity contribution in [2.45, 2.75) is 6.92 Å². The van der Waals surface area contributed by atoms with E-state index < -0.39 is 0 Å². The Morgan fingerprint density at radius 2 is 2.00 bits per heavy atom. The number of imidazole rings is 1. The van der Waals surface area contributed by atoms with Gasteiger partial charge in [0.15, 0.2) is 0 Å². The quantitative estimate of drug-likeness (QED) is 0.549. The lowest BCUT2D eigenvalue weighted by Gasteiger charge is -2.09. The van der Waals surface area contributed by atoms with E-state index in [1.165, 1.54) is 0 Å². The van der Waals surface area contributed by atoms with E-state index in [1.54, 1.807) is 16.7 Å². The minimum atomic E-state index is -0.0944. The van der Waals surface area contributed by atoms with Gasteiger partial charge >= 0.3 is 0 Å². The molecule has 0 saturated carbocycles. The summed E-state index contributed by atoms with van der Waals surface area (Å²) in [6.07, 6.45) is 1.96. The number of benzene rings is 2. The molecule has 23 heavy (non-hydrogen) atoms. The standard InChI is InChI=1S/C18H16N4O/c1-11-20-15-7-6-13(19)10-16(15)22(11)18(23)14-5-3-4-12-8-9-21(2)17(12)14/h3-10H,19H2,1-2H3. The molecule has 0 spiro atoms. The molecule has 0 fully saturated rings. The summed E-state index contributed by atoms with van der Waals surface area (Å²) >= 11 is 0. The second-order valence-electron chi connectivity index (χ2n) is 5.72. The lowest BCUT2D eigenvalue weighted by molar-refractivity contribution is 0.0963. The number of nitrogens with zero attached hydrogens (tertiary/aromatic N) is 3. The average Bonchev–Trinajstić information content (AvgIpc) is 3.06. The largest absolute Gasteiger partial charge is 0.399 e. The third-order valence-electron chi connectivity index (χ3n) is 4.18. The Morgan fingerprint density at radius 1 is 1.17 bits per heavy atom. The third-order valence-corrected chi connectivity index (χ3v) is 4.18. The van der Waals surface area contributed by atoms with Gasteiger partial charge in [0.05, 0.1) is 22.1 Å². The zero-order valence-electron chi connectivity index (χ0n) is 12.9. The topological polar surface area (TPSA) is 65.8 Å². The van der Waals surface area contributed by atoms with E-state index in [1.807, 2.05) is 55.1 Å². The Balaban J connectivity index is 2.00. The van der Waals surface area contributed by atoms with Crippen LogP contribution < -0.4 is 5.73 Å². The molecule has 4 aromatic rings. The molecule has 2 heterocycles. The molecule has 2 aromatic heterocycles. The zero-order chi connectivity index (χ0) is 16.1. The lowest BCUT2D eigenvalue weighted by Crippen LogP contribution is -2.15.